The van der Waals surface area contributed by atoms with Crippen LogP contribution in [0, 0.1) is 0 Å². The first-order valence-corrected chi connectivity index (χ1v) is 4.90. The second-order valence-electron chi connectivity index (χ2n) is 3.76. The van der Waals surface area contributed by atoms with Gasteiger partial charge in [0, 0.05) is 11.1 Å². The SMILES string of the molecule is CC(C)c1cocc1-c1ccccc1. The van der Waals surface area contributed by atoms with Crippen molar-refractivity contribution in [1.29, 1.82) is 0 Å². The Labute approximate surface area is 84.4 Å². The van der Waals surface area contributed by atoms with Gasteiger partial charge >= 0.3 is 0 Å². The van der Waals surface area contributed by atoms with Gasteiger partial charge in [0.15, 0.2) is 0 Å². The van der Waals surface area contributed by atoms with E-state index in [4.69, 9.17) is 4.42 Å². The van der Waals surface area contributed by atoms with Crippen LogP contribution in [0.5, 0.6) is 0 Å². The predicted molar refractivity (Wildman–Crippen MR) is 58.2 cm³/mol. The zero-order chi connectivity index (χ0) is 9.97. The normalized spacial score (nSPS) is 10.8. The van der Waals surface area contributed by atoms with Crippen LogP contribution in [0.4, 0.5) is 0 Å². The molecule has 0 aliphatic rings. The highest BCUT2D eigenvalue weighted by molar-refractivity contribution is 5.66. The Balaban J connectivity index is 2.47. The molecule has 0 aliphatic heterocycles. The minimum atomic E-state index is 0.504. The third-order valence-electron chi connectivity index (χ3n) is 2.40. The maximum Gasteiger partial charge on any atom is 0.0983 e. The number of benzene rings is 1. The average molecular weight is 186 g/mol. The lowest BCUT2D eigenvalue weighted by Crippen LogP contribution is -1.86. The fourth-order valence-corrected chi connectivity index (χ4v) is 1.61. The fraction of sp³-hybridized carbons (Fsp3) is 0.231. The molecule has 1 nitrogen and oxygen atoms in total. The molecule has 0 unspecified atom stereocenters. The summed E-state index contributed by atoms with van der Waals surface area (Å²) in [5.74, 6) is 0.504. The molecule has 0 N–H and O–H groups in total. The molecule has 0 atom stereocenters. The van der Waals surface area contributed by atoms with Gasteiger partial charge in [0.05, 0.1) is 12.5 Å². The predicted octanol–water partition coefficient (Wildman–Crippen LogP) is 4.07. The van der Waals surface area contributed by atoms with Gasteiger partial charge in [-0.25, -0.2) is 0 Å². The summed E-state index contributed by atoms with van der Waals surface area (Å²) in [6, 6.07) is 10.3. The van der Waals surface area contributed by atoms with E-state index >= 15 is 0 Å². The third kappa shape index (κ3) is 1.58. The lowest BCUT2D eigenvalue weighted by Gasteiger charge is -2.05. The van der Waals surface area contributed by atoms with Gasteiger partial charge in [-0.05, 0) is 11.5 Å². The van der Waals surface area contributed by atoms with Crippen LogP contribution in [-0.2, 0) is 0 Å². The van der Waals surface area contributed by atoms with Crippen LogP contribution in [0.1, 0.15) is 25.3 Å². The molecule has 0 aliphatic carbocycles. The zero-order valence-corrected chi connectivity index (χ0v) is 8.53. The van der Waals surface area contributed by atoms with Crippen molar-refractivity contribution in [2.75, 3.05) is 0 Å². The van der Waals surface area contributed by atoms with Crippen LogP contribution in [0.15, 0.2) is 47.3 Å². The topological polar surface area (TPSA) is 13.1 Å². The second kappa shape index (κ2) is 3.70. The van der Waals surface area contributed by atoms with E-state index in [2.05, 4.69) is 26.0 Å². The van der Waals surface area contributed by atoms with Crippen LogP contribution in [0.25, 0.3) is 11.1 Å². The van der Waals surface area contributed by atoms with Crippen molar-refractivity contribution < 1.29 is 4.42 Å². The second-order valence-corrected chi connectivity index (χ2v) is 3.76. The monoisotopic (exact) mass is 186 g/mol. The highest BCUT2D eigenvalue weighted by atomic mass is 16.3. The molecule has 0 bridgehead atoms. The summed E-state index contributed by atoms with van der Waals surface area (Å²) >= 11 is 0. The Bertz CT molecular complexity index is 398. The number of hydrogen-bond acceptors (Lipinski definition) is 1. The van der Waals surface area contributed by atoms with Crippen LogP contribution < -0.4 is 0 Å². The van der Waals surface area contributed by atoms with Crippen molar-refractivity contribution >= 4 is 0 Å². The Kier molecular flexibility index (Phi) is 2.40. The van der Waals surface area contributed by atoms with Gasteiger partial charge < -0.3 is 4.42 Å². The summed E-state index contributed by atoms with van der Waals surface area (Å²) in [5, 5.41) is 0. The Morgan fingerprint density at radius 2 is 1.71 bits per heavy atom. The molecule has 0 spiro atoms. The molecular weight excluding hydrogens is 172 g/mol. The molecule has 72 valence electrons. The van der Waals surface area contributed by atoms with Crippen LogP contribution >= 0.6 is 0 Å². The first kappa shape index (κ1) is 9.07. The van der Waals surface area contributed by atoms with E-state index in [1.807, 2.05) is 30.7 Å². The van der Waals surface area contributed by atoms with Crippen LogP contribution in [0.3, 0.4) is 0 Å². The largest absolute Gasteiger partial charge is 0.472 e. The molecular formula is C13H14O. The molecule has 1 heterocycles. The fourth-order valence-electron chi connectivity index (χ4n) is 1.61. The van der Waals surface area contributed by atoms with Crippen molar-refractivity contribution in [2.24, 2.45) is 0 Å². The van der Waals surface area contributed by atoms with Gasteiger partial charge in [-0.2, -0.15) is 0 Å². The zero-order valence-electron chi connectivity index (χ0n) is 8.53. The molecule has 2 aromatic rings. The van der Waals surface area contributed by atoms with Crippen molar-refractivity contribution in [3.8, 4) is 11.1 Å². The summed E-state index contributed by atoms with van der Waals surface area (Å²) < 4.78 is 5.26. The van der Waals surface area contributed by atoms with E-state index in [1.54, 1.807) is 0 Å². The quantitative estimate of drug-likeness (QED) is 0.689. The van der Waals surface area contributed by atoms with E-state index in [0.29, 0.717) is 5.92 Å². The number of furan rings is 1. The van der Waals surface area contributed by atoms with Crippen molar-refractivity contribution in [2.45, 2.75) is 19.8 Å². The molecule has 2 rings (SSSR count). The minimum absolute atomic E-state index is 0.504. The maximum atomic E-state index is 5.26. The summed E-state index contributed by atoms with van der Waals surface area (Å²) in [7, 11) is 0. The molecule has 1 heteroatoms. The van der Waals surface area contributed by atoms with Gasteiger partial charge in [-0.1, -0.05) is 44.2 Å². The molecule has 0 fully saturated rings. The van der Waals surface area contributed by atoms with Gasteiger partial charge in [0.1, 0.15) is 0 Å². The number of hydrogen-bond donors (Lipinski definition) is 0. The highest BCUT2D eigenvalue weighted by Crippen LogP contribution is 2.29. The van der Waals surface area contributed by atoms with E-state index in [1.165, 1.54) is 16.7 Å². The van der Waals surface area contributed by atoms with E-state index in [9.17, 15) is 0 Å². The minimum Gasteiger partial charge on any atom is -0.472 e. The highest BCUT2D eigenvalue weighted by Gasteiger charge is 2.09. The first-order chi connectivity index (χ1) is 6.79. The van der Waals surface area contributed by atoms with Crippen molar-refractivity contribution in [3.05, 3.63) is 48.4 Å². The molecule has 14 heavy (non-hydrogen) atoms. The number of rotatable bonds is 2. The van der Waals surface area contributed by atoms with E-state index in [-0.39, 0.29) is 0 Å². The molecule has 1 aromatic carbocycles. The molecule has 1 aromatic heterocycles. The van der Waals surface area contributed by atoms with Gasteiger partial charge in [-0.15, -0.1) is 0 Å². The van der Waals surface area contributed by atoms with Gasteiger partial charge in [0.2, 0.25) is 0 Å². The Morgan fingerprint density at radius 1 is 1.00 bits per heavy atom. The Morgan fingerprint density at radius 3 is 2.36 bits per heavy atom. The summed E-state index contributed by atoms with van der Waals surface area (Å²) in [6.45, 7) is 4.36. The van der Waals surface area contributed by atoms with Crippen molar-refractivity contribution in [3.63, 3.8) is 0 Å². The van der Waals surface area contributed by atoms with E-state index < -0.39 is 0 Å². The standard InChI is InChI=1S/C13H14O/c1-10(2)12-8-14-9-13(12)11-6-4-3-5-7-11/h3-10H,1-2H3. The third-order valence-corrected chi connectivity index (χ3v) is 2.40. The summed E-state index contributed by atoms with van der Waals surface area (Å²) in [4.78, 5) is 0. The van der Waals surface area contributed by atoms with E-state index in [0.717, 1.165) is 0 Å². The van der Waals surface area contributed by atoms with Crippen molar-refractivity contribution in [1.82, 2.24) is 0 Å². The van der Waals surface area contributed by atoms with Crippen LogP contribution in [-0.4, -0.2) is 0 Å². The smallest absolute Gasteiger partial charge is 0.0983 e. The maximum absolute atomic E-state index is 5.26. The molecule has 0 radical (unpaired) electrons. The Hall–Kier alpha value is -1.50. The molecule has 0 saturated heterocycles. The lowest BCUT2D eigenvalue weighted by molar-refractivity contribution is 0.562. The van der Waals surface area contributed by atoms with Crippen LogP contribution in [0.2, 0.25) is 0 Å². The lowest BCUT2D eigenvalue weighted by atomic mass is 9.97. The van der Waals surface area contributed by atoms with Gasteiger partial charge in [0.25, 0.3) is 0 Å². The molecule has 0 amide bonds. The average Bonchev–Trinajstić information content (AvgIpc) is 2.67. The first-order valence-electron chi connectivity index (χ1n) is 4.90. The summed E-state index contributed by atoms with van der Waals surface area (Å²) in [6.07, 6.45) is 3.66. The molecule has 0 saturated carbocycles. The van der Waals surface area contributed by atoms with Gasteiger partial charge in [-0.3, -0.25) is 0 Å². The summed E-state index contributed by atoms with van der Waals surface area (Å²) in [5.41, 5.74) is 3.71.